The number of hydrogen-bond donors (Lipinski definition) is 2. The summed E-state index contributed by atoms with van der Waals surface area (Å²) in [6.07, 6.45) is 1.22. The highest BCUT2D eigenvalue weighted by Crippen LogP contribution is 2.19. The summed E-state index contributed by atoms with van der Waals surface area (Å²) in [6.45, 7) is 2.98. The van der Waals surface area contributed by atoms with Gasteiger partial charge in [0.15, 0.2) is 6.10 Å². The van der Waals surface area contributed by atoms with E-state index in [9.17, 15) is 9.59 Å². The van der Waals surface area contributed by atoms with Crippen LogP contribution in [0.15, 0.2) is 29.2 Å². The fraction of sp³-hybridized carbons (Fsp3) is 0.385. The molecule has 0 saturated heterocycles. The number of nitrogens with one attached hydrogen (secondary N) is 1. The molecular formula is C13H17NO4S. The van der Waals surface area contributed by atoms with Gasteiger partial charge in [-0.2, -0.15) is 0 Å². The normalized spacial score (nSPS) is 13.4. The van der Waals surface area contributed by atoms with Crippen LogP contribution in [0.1, 0.15) is 13.8 Å². The molecule has 19 heavy (non-hydrogen) atoms. The number of rotatable bonds is 6. The molecule has 104 valence electrons. The molecule has 1 rings (SSSR count). The third kappa shape index (κ3) is 4.82. The van der Waals surface area contributed by atoms with Crippen molar-refractivity contribution in [3.05, 3.63) is 24.3 Å². The summed E-state index contributed by atoms with van der Waals surface area (Å²) in [7, 11) is 0. The molecule has 0 aliphatic rings. The van der Waals surface area contributed by atoms with E-state index in [1.54, 1.807) is 30.8 Å². The second-order valence-electron chi connectivity index (χ2n) is 4.00. The predicted molar refractivity (Wildman–Crippen MR) is 73.6 cm³/mol. The zero-order valence-electron chi connectivity index (χ0n) is 11.0. The summed E-state index contributed by atoms with van der Waals surface area (Å²) in [5.74, 6) is -0.961. The minimum atomic E-state index is -1.08. The number of hydrogen-bond acceptors (Lipinski definition) is 4. The minimum Gasteiger partial charge on any atom is -0.481 e. The number of ether oxygens (including phenoxy) is 1. The number of aliphatic carboxylic acids is 1. The van der Waals surface area contributed by atoms with Crippen LogP contribution in [0, 0.1) is 0 Å². The van der Waals surface area contributed by atoms with Gasteiger partial charge in [0.2, 0.25) is 0 Å². The minimum absolute atomic E-state index is 0.455. The molecule has 0 aliphatic carbocycles. The van der Waals surface area contributed by atoms with Gasteiger partial charge in [-0.3, -0.25) is 9.59 Å². The topological polar surface area (TPSA) is 75.6 Å². The van der Waals surface area contributed by atoms with Crippen LogP contribution in [-0.2, 0) is 9.59 Å². The zero-order valence-corrected chi connectivity index (χ0v) is 11.9. The molecule has 2 atom stereocenters. The number of carbonyl (C=O) groups excluding carboxylic acids is 1. The van der Waals surface area contributed by atoms with Gasteiger partial charge in [0.05, 0.1) is 0 Å². The van der Waals surface area contributed by atoms with Gasteiger partial charge in [-0.15, -0.1) is 11.8 Å². The van der Waals surface area contributed by atoms with Crippen LogP contribution in [-0.4, -0.2) is 35.4 Å². The Labute approximate surface area is 116 Å². The highest BCUT2D eigenvalue weighted by molar-refractivity contribution is 7.98. The lowest BCUT2D eigenvalue weighted by Gasteiger charge is -2.16. The molecule has 0 aromatic heterocycles. The Hall–Kier alpha value is -1.69. The Bertz CT molecular complexity index is 446. The van der Waals surface area contributed by atoms with Crippen LogP contribution in [0.25, 0.3) is 0 Å². The Kier molecular flexibility index (Phi) is 5.69. The molecule has 1 aromatic rings. The van der Waals surface area contributed by atoms with Gasteiger partial charge in [-0.25, -0.2) is 0 Å². The number of benzene rings is 1. The standard InChI is InChI=1S/C13H17NO4S/c1-8(13(16)17)14-12(15)9(2)18-10-4-6-11(19-3)7-5-10/h4-9H,1-3H3,(H,14,15)(H,16,17)/t8-,9?/m0/s1. The monoisotopic (exact) mass is 283 g/mol. The highest BCUT2D eigenvalue weighted by Gasteiger charge is 2.20. The van der Waals surface area contributed by atoms with Crippen LogP contribution in [0.5, 0.6) is 5.75 Å². The number of carbonyl (C=O) groups is 2. The van der Waals surface area contributed by atoms with Crippen molar-refractivity contribution in [1.82, 2.24) is 5.32 Å². The van der Waals surface area contributed by atoms with E-state index in [2.05, 4.69) is 5.32 Å². The quantitative estimate of drug-likeness (QED) is 0.778. The van der Waals surface area contributed by atoms with Crippen molar-refractivity contribution in [3.8, 4) is 5.75 Å². The van der Waals surface area contributed by atoms with E-state index in [-0.39, 0.29) is 0 Å². The zero-order chi connectivity index (χ0) is 14.4. The van der Waals surface area contributed by atoms with Crippen molar-refractivity contribution in [3.63, 3.8) is 0 Å². The van der Waals surface area contributed by atoms with Crippen LogP contribution in [0.2, 0.25) is 0 Å². The summed E-state index contributed by atoms with van der Waals surface area (Å²) in [4.78, 5) is 23.4. The molecule has 0 spiro atoms. The van der Waals surface area contributed by atoms with Gasteiger partial charge >= 0.3 is 5.97 Å². The van der Waals surface area contributed by atoms with E-state index in [1.807, 2.05) is 18.4 Å². The van der Waals surface area contributed by atoms with E-state index >= 15 is 0 Å². The summed E-state index contributed by atoms with van der Waals surface area (Å²) in [6, 6.07) is 6.40. The second kappa shape index (κ2) is 7.04. The molecule has 0 bridgehead atoms. The first-order valence-corrected chi connectivity index (χ1v) is 7.00. The lowest BCUT2D eigenvalue weighted by Crippen LogP contribution is -2.44. The Morgan fingerprint density at radius 2 is 1.84 bits per heavy atom. The summed E-state index contributed by atoms with van der Waals surface area (Å²) >= 11 is 1.61. The molecular weight excluding hydrogens is 266 g/mol. The lowest BCUT2D eigenvalue weighted by atomic mass is 10.3. The first-order chi connectivity index (χ1) is 8.93. The fourth-order valence-electron chi connectivity index (χ4n) is 1.30. The van der Waals surface area contributed by atoms with E-state index in [0.717, 1.165) is 4.90 Å². The highest BCUT2D eigenvalue weighted by atomic mass is 32.2. The smallest absolute Gasteiger partial charge is 0.325 e. The molecule has 6 heteroatoms. The molecule has 0 saturated carbocycles. The Balaban J connectivity index is 2.55. The molecule has 0 fully saturated rings. The van der Waals surface area contributed by atoms with Gasteiger partial charge in [-0.1, -0.05) is 0 Å². The number of carboxylic acids is 1. The van der Waals surface area contributed by atoms with E-state index in [1.165, 1.54) is 6.92 Å². The number of amides is 1. The van der Waals surface area contributed by atoms with Crippen molar-refractivity contribution < 1.29 is 19.4 Å². The van der Waals surface area contributed by atoms with Crippen molar-refractivity contribution >= 4 is 23.6 Å². The number of carboxylic acid groups (broad SMARTS) is 1. The number of thioether (sulfide) groups is 1. The largest absolute Gasteiger partial charge is 0.481 e. The third-order valence-electron chi connectivity index (χ3n) is 2.47. The average Bonchev–Trinajstić information content (AvgIpc) is 2.39. The van der Waals surface area contributed by atoms with Gasteiger partial charge in [0, 0.05) is 4.90 Å². The molecule has 1 amide bonds. The van der Waals surface area contributed by atoms with Gasteiger partial charge < -0.3 is 15.2 Å². The Morgan fingerprint density at radius 1 is 1.26 bits per heavy atom. The summed E-state index contributed by atoms with van der Waals surface area (Å²) in [5.41, 5.74) is 0. The molecule has 0 radical (unpaired) electrons. The van der Waals surface area contributed by atoms with Crippen LogP contribution < -0.4 is 10.1 Å². The molecule has 1 unspecified atom stereocenters. The maximum atomic E-state index is 11.7. The summed E-state index contributed by atoms with van der Waals surface area (Å²) < 4.78 is 5.44. The maximum Gasteiger partial charge on any atom is 0.325 e. The SMILES string of the molecule is CSc1ccc(OC(C)C(=O)N[C@@H](C)C(=O)O)cc1. The lowest BCUT2D eigenvalue weighted by molar-refractivity contribution is -0.142. The fourth-order valence-corrected chi connectivity index (χ4v) is 1.71. The molecule has 5 nitrogen and oxygen atoms in total. The molecule has 1 aromatic carbocycles. The second-order valence-corrected chi connectivity index (χ2v) is 4.88. The van der Waals surface area contributed by atoms with Gasteiger partial charge in [0.1, 0.15) is 11.8 Å². The Morgan fingerprint density at radius 3 is 2.32 bits per heavy atom. The van der Waals surface area contributed by atoms with Crippen molar-refractivity contribution in [2.75, 3.05) is 6.26 Å². The maximum absolute atomic E-state index is 11.7. The van der Waals surface area contributed by atoms with Crippen LogP contribution in [0.3, 0.4) is 0 Å². The third-order valence-corrected chi connectivity index (χ3v) is 3.21. The predicted octanol–water partition coefficient (Wildman–Crippen LogP) is 1.77. The summed E-state index contributed by atoms with van der Waals surface area (Å²) in [5, 5.41) is 11.1. The molecule has 0 aliphatic heterocycles. The van der Waals surface area contributed by atoms with E-state index < -0.39 is 24.0 Å². The van der Waals surface area contributed by atoms with E-state index in [4.69, 9.17) is 9.84 Å². The first kappa shape index (κ1) is 15.4. The van der Waals surface area contributed by atoms with Gasteiger partial charge in [0.25, 0.3) is 5.91 Å². The van der Waals surface area contributed by atoms with Crippen molar-refractivity contribution in [2.24, 2.45) is 0 Å². The van der Waals surface area contributed by atoms with Crippen LogP contribution in [0.4, 0.5) is 0 Å². The van der Waals surface area contributed by atoms with E-state index in [0.29, 0.717) is 5.75 Å². The van der Waals surface area contributed by atoms with Gasteiger partial charge in [-0.05, 0) is 44.4 Å². The van der Waals surface area contributed by atoms with Crippen LogP contribution >= 0.6 is 11.8 Å². The van der Waals surface area contributed by atoms with Crippen molar-refractivity contribution in [1.29, 1.82) is 0 Å². The first-order valence-electron chi connectivity index (χ1n) is 5.78. The van der Waals surface area contributed by atoms with Crippen molar-refractivity contribution in [2.45, 2.75) is 30.9 Å². The molecule has 2 N–H and O–H groups in total. The molecule has 0 heterocycles. The average molecular weight is 283 g/mol.